The van der Waals surface area contributed by atoms with E-state index in [1.165, 1.54) is 6.92 Å². The summed E-state index contributed by atoms with van der Waals surface area (Å²) >= 11 is 12.9. The number of aromatic amines is 1. The van der Waals surface area contributed by atoms with Gasteiger partial charge in [-0.15, -0.1) is 11.6 Å². The Hall–Kier alpha value is -1.16. The molecule has 0 bridgehead atoms. The zero-order chi connectivity index (χ0) is 29.7. The predicted octanol–water partition coefficient (Wildman–Crippen LogP) is 2.03. The molecular weight excluding hydrogens is 600 g/mol. The summed E-state index contributed by atoms with van der Waals surface area (Å²) in [6, 6.07) is -0.923. The first-order chi connectivity index (χ1) is 17.9. The van der Waals surface area contributed by atoms with Crippen LogP contribution in [0.1, 0.15) is 47.8 Å². The van der Waals surface area contributed by atoms with Crippen molar-refractivity contribution in [3.63, 3.8) is 0 Å². The summed E-state index contributed by atoms with van der Waals surface area (Å²) in [5.41, 5.74) is -2.74. The van der Waals surface area contributed by atoms with Crippen LogP contribution in [0, 0.1) is 11.2 Å². The number of hydrogen-bond acceptors (Lipinski definition) is 11. The molecule has 1 aliphatic rings. The van der Waals surface area contributed by atoms with Crippen LogP contribution in [-0.4, -0.2) is 74.4 Å². The van der Waals surface area contributed by atoms with Gasteiger partial charge in [0.05, 0.1) is 25.5 Å². The van der Waals surface area contributed by atoms with Crippen LogP contribution < -0.4 is 16.3 Å². The molecule has 39 heavy (non-hydrogen) atoms. The highest BCUT2D eigenvalue weighted by Crippen LogP contribution is 2.46. The van der Waals surface area contributed by atoms with Gasteiger partial charge in [-0.2, -0.15) is 4.39 Å². The number of aromatic nitrogens is 2. The molecule has 0 spiro atoms. The number of nitrogens with zero attached hydrogens (tertiary/aromatic N) is 1. The van der Waals surface area contributed by atoms with E-state index in [2.05, 4.69) is 5.09 Å². The van der Waals surface area contributed by atoms with Gasteiger partial charge in [-0.05, 0) is 32.6 Å². The molecule has 0 aliphatic carbocycles. The van der Waals surface area contributed by atoms with Gasteiger partial charge in [0.2, 0.25) is 5.82 Å². The minimum atomic E-state index is -3.44. The molecule has 1 aromatic heterocycles. The lowest BCUT2D eigenvalue weighted by molar-refractivity contribution is -0.149. The van der Waals surface area contributed by atoms with Crippen LogP contribution in [0.4, 0.5) is 4.39 Å². The van der Waals surface area contributed by atoms with E-state index in [4.69, 9.17) is 41.9 Å². The van der Waals surface area contributed by atoms with Crippen molar-refractivity contribution >= 4 is 52.9 Å². The summed E-state index contributed by atoms with van der Waals surface area (Å²) in [4.78, 5) is 49.8. The molecule has 222 valence electrons. The topological polar surface area (TPSA) is 158 Å². The van der Waals surface area contributed by atoms with Crippen molar-refractivity contribution in [1.29, 1.82) is 0 Å². The normalized spacial score (nSPS) is 23.9. The molecule has 1 aromatic rings. The van der Waals surface area contributed by atoms with Crippen molar-refractivity contribution in [2.24, 2.45) is 5.41 Å². The molecule has 0 unspecified atom stereocenters. The number of halogens is 2. The second-order valence-corrected chi connectivity index (χ2v) is 14.8. The van der Waals surface area contributed by atoms with Crippen molar-refractivity contribution in [3.8, 4) is 0 Å². The number of carbonyl (C=O) groups excluding carboxylic acids is 2. The highest BCUT2D eigenvalue weighted by Gasteiger charge is 2.45. The first-order valence-corrected chi connectivity index (χ1v) is 16.0. The molecular formula is C22H34ClFN3O9PS2. The molecule has 6 atom stereocenters. The number of alkyl halides is 1. The second-order valence-electron chi connectivity index (χ2n) is 9.99. The minimum absolute atomic E-state index is 0.00357. The fourth-order valence-corrected chi connectivity index (χ4v) is 6.74. The summed E-state index contributed by atoms with van der Waals surface area (Å²) in [5.74, 6) is -1.57. The summed E-state index contributed by atoms with van der Waals surface area (Å²) in [5, 5.41) is 12.2. The summed E-state index contributed by atoms with van der Waals surface area (Å²) in [6.45, 7) is 6.45. The van der Waals surface area contributed by atoms with Crippen molar-refractivity contribution in [1.82, 2.24) is 14.6 Å². The van der Waals surface area contributed by atoms with E-state index in [9.17, 15) is 28.7 Å². The van der Waals surface area contributed by atoms with E-state index in [0.29, 0.717) is 6.20 Å². The third kappa shape index (κ3) is 9.72. The van der Waals surface area contributed by atoms with Crippen LogP contribution in [0.15, 0.2) is 15.8 Å². The predicted molar refractivity (Wildman–Crippen MR) is 148 cm³/mol. The number of rotatable bonds is 12. The van der Waals surface area contributed by atoms with Gasteiger partial charge < -0.3 is 23.6 Å². The second kappa shape index (κ2) is 14.1. The van der Waals surface area contributed by atoms with Crippen molar-refractivity contribution in [2.45, 2.75) is 77.5 Å². The number of H-pyrrole nitrogens is 1. The lowest BCUT2D eigenvalue weighted by atomic mass is 10.00. The van der Waals surface area contributed by atoms with Crippen LogP contribution >= 0.6 is 30.0 Å². The number of ether oxygens (including phenoxy) is 2. The Morgan fingerprint density at radius 1 is 1.33 bits per heavy atom. The molecule has 3 N–H and O–H groups in total. The molecule has 0 amide bonds. The number of thioether (sulfide) groups is 1. The lowest BCUT2D eigenvalue weighted by Gasteiger charge is -2.28. The molecule has 0 radical (unpaired) electrons. The van der Waals surface area contributed by atoms with Gasteiger partial charge in [0, 0.05) is 11.2 Å². The lowest BCUT2D eigenvalue weighted by Crippen LogP contribution is -2.37. The van der Waals surface area contributed by atoms with E-state index >= 15 is 0 Å². The molecule has 1 saturated heterocycles. The zero-order valence-electron chi connectivity index (χ0n) is 22.3. The Kier molecular flexibility index (Phi) is 12.3. The van der Waals surface area contributed by atoms with Crippen LogP contribution in [0.3, 0.4) is 0 Å². The Labute approximate surface area is 239 Å². The Bertz CT molecular complexity index is 1190. The number of aliphatic hydroxyl groups excluding tert-OH is 1. The van der Waals surface area contributed by atoms with Gasteiger partial charge in [0.1, 0.15) is 23.6 Å². The summed E-state index contributed by atoms with van der Waals surface area (Å²) in [7, 11) is 0. The van der Waals surface area contributed by atoms with Gasteiger partial charge >= 0.3 is 11.7 Å². The van der Waals surface area contributed by atoms with Crippen LogP contribution in [0.25, 0.3) is 0 Å². The number of carbonyl (C=O) groups is 2. The van der Waals surface area contributed by atoms with E-state index in [0.717, 1.165) is 16.3 Å². The van der Waals surface area contributed by atoms with Crippen LogP contribution in [-0.2, 0) is 39.9 Å². The maximum Gasteiger partial charge on any atom is 0.330 e. The molecule has 0 saturated carbocycles. The maximum absolute atomic E-state index is 13.8. The van der Waals surface area contributed by atoms with Crippen molar-refractivity contribution < 1.29 is 37.6 Å². The van der Waals surface area contributed by atoms with Crippen LogP contribution in [0.2, 0.25) is 0 Å². The van der Waals surface area contributed by atoms with Gasteiger partial charge in [-0.3, -0.25) is 23.9 Å². The Morgan fingerprint density at radius 3 is 2.56 bits per heavy atom. The van der Waals surface area contributed by atoms with Gasteiger partial charge in [-0.1, -0.05) is 32.5 Å². The number of aliphatic hydroxyl groups is 1. The van der Waals surface area contributed by atoms with Gasteiger partial charge in [0.25, 0.3) is 12.2 Å². The summed E-state index contributed by atoms with van der Waals surface area (Å²) in [6.07, 6.45) is -3.60. The van der Waals surface area contributed by atoms with E-state index in [1.807, 2.05) is 0 Å². The number of esters is 1. The standard InChI is InChI=1S/C22H34ClFN3O9PS2/c1-11(2)35-19(30)12(3)26-37(38,33-7-8-39-20(31)22(4,5)6)34-10-14-16(28)15(23)18(36-14)27-9-13(24)17(29)25-21(27)32/h9,11-12,14-16,18,28H,7-8,10H2,1-6H3,(H,26,38)(H,25,29,32)/t12-,14-,15+,16-,18-,37-/m1/s1. The molecule has 2 heterocycles. The Balaban J connectivity index is 2.14. The SMILES string of the molecule is CC(C)OC(=O)[C@@H](C)N[P@@](=S)(OCCSC(=O)C(C)(C)C)OC[C@H]1O[C@@H](n2cc(F)c(=O)[nH]c2=O)[C@@H](Cl)[C@@H]1O. The first kappa shape index (κ1) is 34.0. The highest BCUT2D eigenvalue weighted by atomic mass is 35.5. The largest absolute Gasteiger partial charge is 0.462 e. The molecule has 0 aromatic carbocycles. The quantitative estimate of drug-likeness (QED) is 0.133. The first-order valence-electron chi connectivity index (χ1n) is 12.0. The van der Waals surface area contributed by atoms with E-state index in [1.54, 1.807) is 39.6 Å². The minimum Gasteiger partial charge on any atom is -0.462 e. The Morgan fingerprint density at radius 2 is 1.97 bits per heavy atom. The third-order valence-electron chi connectivity index (χ3n) is 5.15. The number of nitrogens with one attached hydrogen (secondary N) is 2. The zero-order valence-corrected chi connectivity index (χ0v) is 25.6. The van der Waals surface area contributed by atoms with Gasteiger partial charge in [0.15, 0.2) is 11.3 Å². The van der Waals surface area contributed by atoms with Crippen molar-refractivity contribution in [3.05, 3.63) is 32.9 Å². The average molecular weight is 634 g/mol. The number of hydrogen-bond donors (Lipinski definition) is 3. The van der Waals surface area contributed by atoms with Crippen LogP contribution in [0.5, 0.6) is 0 Å². The molecule has 1 fully saturated rings. The molecule has 1 aliphatic heterocycles. The fourth-order valence-electron chi connectivity index (χ4n) is 3.13. The molecule has 12 nitrogen and oxygen atoms in total. The van der Waals surface area contributed by atoms with E-state index in [-0.39, 0.29) is 30.2 Å². The average Bonchev–Trinajstić information content (AvgIpc) is 3.10. The fraction of sp³-hybridized carbons (Fsp3) is 0.727. The highest BCUT2D eigenvalue weighted by molar-refractivity contribution is 8.13. The van der Waals surface area contributed by atoms with Crippen molar-refractivity contribution in [2.75, 3.05) is 19.0 Å². The molecule has 17 heteroatoms. The monoisotopic (exact) mass is 633 g/mol. The van der Waals surface area contributed by atoms with Gasteiger partial charge in [-0.25, -0.2) is 9.88 Å². The molecule has 2 rings (SSSR count). The smallest absolute Gasteiger partial charge is 0.330 e. The van der Waals surface area contributed by atoms with E-state index < -0.39 is 64.9 Å². The summed E-state index contributed by atoms with van der Waals surface area (Å²) < 4.78 is 37.0. The maximum atomic E-state index is 13.8. The third-order valence-corrected chi connectivity index (χ3v) is 9.53.